The van der Waals surface area contributed by atoms with Crippen molar-refractivity contribution in [3.63, 3.8) is 0 Å². The van der Waals surface area contributed by atoms with Crippen molar-refractivity contribution >= 4 is 51.3 Å². The minimum absolute atomic E-state index is 0.124. The van der Waals surface area contributed by atoms with Crippen molar-refractivity contribution in [2.45, 2.75) is 18.6 Å². The summed E-state index contributed by atoms with van der Waals surface area (Å²) >= 11 is 7.56. The quantitative estimate of drug-likeness (QED) is 0.389. The maximum Gasteiger partial charge on any atom is 0.233 e. The van der Waals surface area contributed by atoms with Gasteiger partial charge in [0.25, 0.3) is 0 Å². The highest BCUT2D eigenvalue weighted by molar-refractivity contribution is 7.99. The summed E-state index contributed by atoms with van der Waals surface area (Å²) in [5.41, 5.74) is 3.65. The highest BCUT2D eigenvalue weighted by Gasteiger charge is 2.21. The number of piperazine rings is 1. The molecule has 3 heterocycles. The molecule has 2 aromatic heterocycles. The molecular weight excluding hydrogens is 456 g/mol. The lowest BCUT2D eigenvalue weighted by atomic mass is 10.2. The second-order valence-electron chi connectivity index (χ2n) is 8.10. The lowest BCUT2D eigenvalue weighted by Crippen LogP contribution is -2.49. The summed E-state index contributed by atoms with van der Waals surface area (Å²) in [4.78, 5) is 21.8. The van der Waals surface area contributed by atoms with E-state index >= 15 is 0 Å². The summed E-state index contributed by atoms with van der Waals surface area (Å²) < 4.78 is 2.14. The Morgan fingerprint density at radius 2 is 1.88 bits per heavy atom. The number of aromatic nitrogens is 4. The van der Waals surface area contributed by atoms with E-state index in [2.05, 4.69) is 32.7 Å². The van der Waals surface area contributed by atoms with Crippen LogP contribution in [0.15, 0.2) is 53.7 Å². The third kappa shape index (κ3) is 4.69. The van der Waals surface area contributed by atoms with Gasteiger partial charge in [0.15, 0.2) is 5.65 Å². The number of benzene rings is 2. The van der Waals surface area contributed by atoms with Gasteiger partial charge in [0, 0.05) is 43.1 Å². The smallest absolute Gasteiger partial charge is 0.233 e. The monoisotopic (exact) mass is 480 g/mol. The van der Waals surface area contributed by atoms with E-state index < -0.39 is 0 Å². The third-order valence-corrected chi connectivity index (χ3v) is 7.14. The average Bonchev–Trinajstić information content (AvgIpc) is 3.15. The molecule has 0 bridgehead atoms. The fourth-order valence-electron chi connectivity index (χ4n) is 4.26. The summed E-state index contributed by atoms with van der Waals surface area (Å²) in [6, 6.07) is 15.9. The molecule has 1 fully saturated rings. The highest BCUT2D eigenvalue weighted by Crippen LogP contribution is 2.28. The van der Waals surface area contributed by atoms with Crippen molar-refractivity contribution in [2.24, 2.45) is 0 Å². The van der Waals surface area contributed by atoms with Crippen LogP contribution in [0.3, 0.4) is 0 Å². The number of carbonyl (C=O) groups is 1. The molecule has 1 aliphatic heterocycles. The molecule has 7 nitrogen and oxygen atoms in total. The van der Waals surface area contributed by atoms with Crippen LogP contribution in [0.25, 0.3) is 22.1 Å². The number of amides is 1. The van der Waals surface area contributed by atoms with Crippen LogP contribution in [0.4, 0.5) is 0 Å². The van der Waals surface area contributed by atoms with Gasteiger partial charge in [-0.25, -0.2) is 4.98 Å². The Hall–Kier alpha value is -2.68. The van der Waals surface area contributed by atoms with Crippen molar-refractivity contribution in [3.8, 4) is 0 Å². The maximum atomic E-state index is 12.7. The molecule has 0 unspecified atom stereocenters. The van der Waals surface area contributed by atoms with E-state index in [4.69, 9.17) is 16.6 Å². The highest BCUT2D eigenvalue weighted by atomic mass is 35.5. The Morgan fingerprint density at radius 3 is 2.67 bits per heavy atom. The van der Waals surface area contributed by atoms with Crippen LogP contribution in [-0.2, 0) is 11.3 Å². The van der Waals surface area contributed by atoms with E-state index in [0.29, 0.717) is 22.5 Å². The predicted molar refractivity (Wildman–Crippen MR) is 133 cm³/mol. The number of nitrogens with zero attached hydrogens (tertiary/aromatic N) is 6. The molecule has 4 aromatic rings. The van der Waals surface area contributed by atoms with Crippen LogP contribution in [0.1, 0.15) is 12.5 Å². The van der Waals surface area contributed by atoms with Crippen molar-refractivity contribution < 1.29 is 4.79 Å². The van der Waals surface area contributed by atoms with Gasteiger partial charge in [0.1, 0.15) is 5.52 Å². The summed E-state index contributed by atoms with van der Waals surface area (Å²) in [7, 11) is 0. The number of hydrogen-bond acceptors (Lipinski definition) is 6. The van der Waals surface area contributed by atoms with Gasteiger partial charge < -0.3 is 14.4 Å². The number of fused-ring (bicyclic) bond motifs is 3. The number of para-hydroxylation sites is 1. The normalized spacial score (nSPS) is 14.9. The minimum atomic E-state index is 0.124. The third-order valence-electron chi connectivity index (χ3n) is 6.08. The molecule has 0 saturated carbocycles. The van der Waals surface area contributed by atoms with Gasteiger partial charge in [-0.15, -0.1) is 10.2 Å². The van der Waals surface area contributed by atoms with Crippen LogP contribution < -0.4 is 0 Å². The lowest BCUT2D eigenvalue weighted by Gasteiger charge is -2.33. The van der Waals surface area contributed by atoms with Crippen molar-refractivity contribution in [1.29, 1.82) is 0 Å². The van der Waals surface area contributed by atoms with Gasteiger partial charge in [0.05, 0.1) is 11.3 Å². The van der Waals surface area contributed by atoms with Crippen LogP contribution in [0.2, 0.25) is 5.02 Å². The number of carbonyl (C=O) groups excluding carboxylic acids is 1. The second kappa shape index (κ2) is 9.67. The van der Waals surface area contributed by atoms with Crippen LogP contribution >= 0.6 is 23.4 Å². The van der Waals surface area contributed by atoms with Crippen LogP contribution in [0.5, 0.6) is 0 Å². The van der Waals surface area contributed by atoms with Crippen molar-refractivity contribution in [1.82, 2.24) is 29.5 Å². The van der Waals surface area contributed by atoms with Gasteiger partial charge in [-0.1, -0.05) is 60.6 Å². The first-order valence-electron chi connectivity index (χ1n) is 11.1. The average molecular weight is 481 g/mol. The van der Waals surface area contributed by atoms with Crippen LogP contribution in [-0.4, -0.2) is 73.9 Å². The Labute approximate surface area is 201 Å². The zero-order valence-electron chi connectivity index (χ0n) is 18.4. The van der Waals surface area contributed by atoms with Crippen molar-refractivity contribution in [2.75, 3.05) is 38.5 Å². The van der Waals surface area contributed by atoms with Gasteiger partial charge in [0.2, 0.25) is 11.1 Å². The molecule has 5 rings (SSSR count). The van der Waals surface area contributed by atoms with Gasteiger partial charge in [-0.3, -0.25) is 4.79 Å². The number of halogens is 1. The summed E-state index contributed by atoms with van der Waals surface area (Å²) in [6.45, 7) is 7.21. The molecule has 1 saturated heterocycles. The summed E-state index contributed by atoms with van der Waals surface area (Å²) in [5.74, 6) is 0.437. The van der Waals surface area contributed by atoms with E-state index in [1.807, 2.05) is 47.4 Å². The molecule has 170 valence electrons. The van der Waals surface area contributed by atoms with E-state index in [1.54, 1.807) is 0 Å². The molecule has 9 heteroatoms. The standard InChI is InChI=1S/C24H25ClN6OS/c1-2-29-10-12-30(13-11-29)21(32)16-33-24-26-23-22(27-28-24)19-8-3-4-9-20(19)31(23)15-17-6-5-7-18(25)14-17/h3-9,14H,2,10-13,15-16H2,1H3. The molecule has 0 radical (unpaired) electrons. The molecule has 1 amide bonds. The molecule has 0 N–H and O–H groups in total. The number of thioether (sulfide) groups is 1. The minimum Gasteiger partial charge on any atom is -0.339 e. The van der Waals surface area contributed by atoms with Crippen molar-refractivity contribution in [3.05, 3.63) is 59.1 Å². The fraction of sp³-hybridized carbons (Fsp3) is 0.333. The first-order valence-corrected chi connectivity index (χ1v) is 12.5. The van der Waals surface area contributed by atoms with E-state index in [9.17, 15) is 4.79 Å². The lowest BCUT2D eigenvalue weighted by molar-refractivity contribution is -0.130. The van der Waals surface area contributed by atoms with Gasteiger partial charge in [-0.2, -0.15) is 0 Å². The molecule has 0 aliphatic carbocycles. The van der Waals surface area contributed by atoms with E-state index in [0.717, 1.165) is 60.4 Å². The van der Waals surface area contributed by atoms with E-state index in [1.165, 1.54) is 11.8 Å². The SMILES string of the molecule is CCN1CCN(C(=O)CSc2nnc3c4ccccc4n(Cc4cccc(Cl)c4)c3n2)CC1. The Bertz CT molecular complexity index is 1300. The number of likely N-dealkylation sites (N-methyl/N-ethyl adjacent to an activating group) is 1. The topological polar surface area (TPSA) is 67.2 Å². The molecule has 1 aliphatic rings. The summed E-state index contributed by atoms with van der Waals surface area (Å²) in [5, 5.41) is 11.0. The number of hydrogen-bond donors (Lipinski definition) is 0. The Balaban J connectivity index is 1.40. The van der Waals surface area contributed by atoms with E-state index in [-0.39, 0.29) is 5.91 Å². The van der Waals surface area contributed by atoms with Gasteiger partial charge >= 0.3 is 0 Å². The fourth-order valence-corrected chi connectivity index (χ4v) is 5.16. The first kappa shape index (κ1) is 22.1. The molecular formula is C24H25ClN6OS. The second-order valence-corrected chi connectivity index (χ2v) is 9.48. The van der Waals surface area contributed by atoms with Gasteiger partial charge in [-0.05, 0) is 30.3 Å². The predicted octanol–water partition coefficient (Wildman–Crippen LogP) is 3.94. The number of rotatable bonds is 6. The maximum absolute atomic E-state index is 12.7. The summed E-state index contributed by atoms with van der Waals surface area (Å²) in [6.07, 6.45) is 0. The zero-order valence-corrected chi connectivity index (χ0v) is 20.0. The van der Waals surface area contributed by atoms with Crippen LogP contribution in [0, 0.1) is 0 Å². The Morgan fingerprint density at radius 1 is 1.06 bits per heavy atom. The molecule has 2 aromatic carbocycles. The molecule has 0 spiro atoms. The Kier molecular flexibility index (Phi) is 6.48. The largest absolute Gasteiger partial charge is 0.339 e. The zero-order chi connectivity index (χ0) is 22.8. The molecule has 0 atom stereocenters. The molecule has 33 heavy (non-hydrogen) atoms. The first-order chi connectivity index (χ1) is 16.1.